The zero-order chi connectivity index (χ0) is 12.3. The fourth-order valence-electron chi connectivity index (χ4n) is 2.29. The molecular weight excluding hydrogens is 234 g/mol. The molecule has 94 valence electrons. The number of hydrogen-bond acceptors (Lipinski definition) is 4. The summed E-state index contributed by atoms with van der Waals surface area (Å²) in [7, 11) is 0. The molecule has 0 saturated heterocycles. The van der Waals surface area contributed by atoms with Gasteiger partial charge in [0, 0.05) is 23.5 Å². The Hall–Kier alpha value is -0.940. The molecule has 1 heterocycles. The normalized spacial score (nSPS) is 23.9. The molecule has 1 amide bonds. The number of amides is 1. The summed E-state index contributed by atoms with van der Waals surface area (Å²) in [6.45, 7) is 2.51. The van der Waals surface area contributed by atoms with Gasteiger partial charge in [0.25, 0.3) is 0 Å². The average molecular weight is 253 g/mol. The highest BCUT2D eigenvalue weighted by molar-refractivity contribution is 7.09. The van der Waals surface area contributed by atoms with E-state index >= 15 is 0 Å². The van der Waals surface area contributed by atoms with Gasteiger partial charge in [0.2, 0.25) is 5.91 Å². The number of hydrogen-bond donors (Lipinski definition) is 2. The molecule has 1 aliphatic carbocycles. The summed E-state index contributed by atoms with van der Waals surface area (Å²) in [5.41, 5.74) is 6.84. The zero-order valence-electron chi connectivity index (χ0n) is 10.1. The first kappa shape index (κ1) is 12.5. The van der Waals surface area contributed by atoms with E-state index in [1.54, 1.807) is 11.3 Å². The Balaban J connectivity index is 1.71. The van der Waals surface area contributed by atoms with E-state index in [-0.39, 0.29) is 5.91 Å². The van der Waals surface area contributed by atoms with Gasteiger partial charge in [-0.2, -0.15) is 0 Å². The van der Waals surface area contributed by atoms with E-state index in [9.17, 15) is 4.79 Å². The number of carbonyl (C=O) groups is 1. The molecule has 0 bridgehead atoms. The largest absolute Gasteiger partial charge is 0.350 e. The molecule has 0 unspecified atom stereocenters. The summed E-state index contributed by atoms with van der Waals surface area (Å²) in [5.74, 6) is 0.597. The van der Waals surface area contributed by atoms with Crippen LogP contribution < -0.4 is 11.1 Å². The van der Waals surface area contributed by atoms with Gasteiger partial charge in [-0.25, -0.2) is 4.98 Å². The number of aryl methyl sites for hydroxylation is 1. The molecule has 0 spiro atoms. The summed E-state index contributed by atoms with van der Waals surface area (Å²) in [5, 5.41) is 5.89. The Morgan fingerprint density at radius 1 is 1.65 bits per heavy atom. The molecule has 17 heavy (non-hydrogen) atoms. The van der Waals surface area contributed by atoms with Gasteiger partial charge in [-0.1, -0.05) is 0 Å². The molecule has 1 aromatic heterocycles. The molecule has 1 saturated carbocycles. The van der Waals surface area contributed by atoms with Gasteiger partial charge in [0.15, 0.2) is 0 Å². The number of thiazole rings is 1. The van der Waals surface area contributed by atoms with Gasteiger partial charge < -0.3 is 11.1 Å². The quantitative estimate of drug-likeness (QED) is 0.856. The van der Waals surface area contributed by atoms with Crippen molar-refractivity contribution in [1.29, 1.82) is 0 Å². The van der Waals surface area contributed by atoms with E-state index in [4.69, 9.17) is 5.73 Å². The lowest BCUT2D eigenvalue weighted by Crippen LogP contribution is -2.25. The first-order chi connectivity index (χ1) is 8.13. The molecule has 3 N–H and O–H groups in total. The summed E-state index contributed by atoms with van der Waals surface area (Å²) in [4.78, 5) is 16.0. The Morgan fingerprint density at radius 2 is 2.47 bits per heavy atom. The van der Waals surface area contributed by atoms with Gasteiger partial charge in [0.05, 0.1) is 6.54 Å². The van der Waals surface area contributed by atoms with E-state index in [1.807, 2.05) is 12.3 Å². The van der Waals surface area contributed by atoms with Crippen LogP contribution in [0.5, 0.6) is 0 Å². The number of nitrogens with one attached hydrogen (secondary N) is 1. The van der Waals surface area contributed by atoms with Crippen LogP contribution >= 0.6 is 11.3 Å². The van der Waals surface area contributed by atoms with Crippen LogP contribution in [0.2, 0.25) is 0 Å². The van der Waals surface area contributed by atoms with Crippen LogP contribution in [0.3, 0.4) is 0 Å². The van der Waals surface area contributed by atoms with Crippen LogP contribution in [0.25, 0.3) is 0 Å². The zero-order valence-corrected chi connectivity index (χ0v) is 10.9. The summed E-state index contributed by atoms with van der Waals surface area (Å²) in [6.07, 6.45) is 3.75. The topological polar surface area (TPSA) is 68.0 Å². The van der Waals surface area contributed by atoms with Gasteiger partial charge in [-0.3, -0.25) is 4.79 Å². The van der Waals surface area contributed by atoms with E-state index in [2.05, 4.69) is 10.3 Å². The van der Waals surface area contributed by atoms with E-state index in [0.29, 0.717) is 24.9 Å². The molecule has 2 rings (SSSR count). The fourth-order valence-corrected chi connectivity index (χ4v) is 3.00. The molecule has 0 radical (unpaired) electrons. The van der Waals surface area contributed by atoms with Crippen LogP contribution in [-0.4, -0.2) is 16.9 Å². The monoisotopic (exact) mass is 253 g/mol. The van der Waals surface area contributed by atoms with Crippen LogP contribution in [0, 0.1) is 12.8 Å². The number of nitrogens with two attached hydrogens (primary N) is 1. The predicted molar refractivity (Wildman–Crippen MR) is 68.6 cm³/mol. The average Bonchev–Trinajstić information content (AvgIpc) is 2.85. The van der Waals surface area contributed by atoms with E-state index in [1.165, 1.54) is 0 Å². The van der Waals surface area contributed by atoms with Crippen molar-refractivity contribution in [2.75, 3.05) is 0 Å². The van der Waals surface area contributed by atoms with Crippen molar-refractivity contribution in [2.24, 2.45) is 11.7 Å². The predicted octanol–water partition coefficient (Wildman–Crippen LogP) is 1.59. The number of rotatable bonds is 4. The van der Waals surface area contributed by atoms with Crippen LogP contribution in [-0.2, 0) is 11.3 Å². The maximum Gasteiger partial charge on any atom is 0.220 e. The lowest BCUT2D eigenvalue weighted by molar-refractivity contribution is -0.122. The van der Waals surface area contributed by atoms with Crippen molar-refractivity contribution in [2.45, 2.75) is 45.2 Å². The van der Waals surface area contributed by atoms with Crippen molar-refractivity contribution in [1.82, 2.24) is 10.3 Å². The number of nitrogens with zero attached hydrogens (tertiary/aromatic N) is 1. The highest BCUT2D eigenvalue weighted by atomic mass is 32.1. The second kappa shape index (κ2) is 5.60. The maximum absolute atomic E-state index is 11.7. The fraction of sp³-hybridized carbons (Fsp3) is 0.667. The third-order valence-corrected chi connectivity index (χ3v) is 4.13. The van der Waals surface area contributed by atoms with Crippen LogP contribution in [0.4, 0.5) is 0 Å². The summed E-state index contributed by atoms with van der Waals surface area (Å²) < 4.78 is 0. The Kier molecular flexibility index (Phi) is 4.12. The van der Waals surface area contributed by atoms with Crippen LogP contribution in [0.1, 0.15) is 36.4 Å². The standard InChI is InChI=1S/C12H19N3OS/c1-8-7-17-12(15-8)6-14-11(16)5-9-2-3-10(13)4-9/h7,9-10H,2-6,13H2,1H3,(H,14,16)/t9-,10+/m1/s1. The Bertz CT molecular complexity index is 391. The minimum Gasteiger partial charge on any atom is -0.350 e. The molecule has 2 atom stereocenters. The van der Waals surface area contributed by atoms with Crippen molar-refractivity contribution in [3.05, 3.63) is 16.1 Å². The highest BCUT2D eigenvalue weighted by Gasteiger charge is 2.23. The smallest absolute Gasteiger partial charge is 0.220 e. The minimum atomic E-state index is 0.122. The summed E-state index contributed by atoms with van der Waals surface area (Å²) in [6, 6.07) is 0.300. The minimum absolute atomic E-state index is 0.122. The molecule has 1 aliphatic rings. The summed E-state index contributed by atoms with van der Waals surface area (Å²) >= 11 is 1.59. The van der Waals surface area contributed by atoms with Crippen molar-refractivity contribution < 1.29 is 4.79 Å². The number of carbonyl (C=O) groups excluding carboxylic acids is 1. The molecule has 0 aromatic carbocycles. The first-order valence-electron chi connectivity index (χ1n) is 6.07. The lowest BCUT2D eigenvalue weighted by atomic mass is 10.0. The second-order valence-electron chi connectivity index (χ2n) is 4.80. The van der Waals surface area contributed by atoms with Crippen molar-refractivity contribution in [3.8, 4) is 0 Å². The van der Waals surface area contributed by atoms with Gasteiger partial charge in [-0.05, 0) is 32.1 Å². The van der Waals surface area contributed by atoms with Gasteiger partial charge in [0.1, 0.15) is 5.01 Å². The SMILES string of the molecule is Cc1csc(CNC(=O)C[C@@H]2CC[C@H](N)C2)n1. The Morgan fingerprint density at radius 3 is 3.06 bits per heavy atom. The first-order valence-corrected chi connectivity index (χ1v) is 6.94. The van der Waals surface area contributed by atoms with Gasteiger partial charge >= 0.3 is 0 Å². The van der Waals surface area contributed by atoms with E-state index < -0.39 is 0 Å². The molecule has 0 aliphatic heterocycles. The number of aromatic nitrogens is 1. The molecule has 5 heteroatoms. The third-order valence-electron chi connectivity index (χ3n) is 3.16. The second-order valence-corrected chi connectivity index (χ2v) is 5.75. The van der Waals surface area contributed by atoms with Crippen LogP contribution in [0.15, 0.2) is 5.38 Å². The third kappa shape index (κ3) is 3.78. The highest BCUT2D eigenvalue weighted by Crippen LogP contribution is 2.26. The van der Waals surface area contributed by atoms with Gasteiger partial charge in [-0.15, -0.1) is 11.3 Å². The lowest BCUT2D eigenvalue weighted by Gasteiger charge is -2.09. The Labute approximate surface area is 106 Å². The van der Waals surface area contributed by atoms with Crippen molar-refractivity contribution in [3.63, 3.8) is 0 Å². The van der Waals surface area contributed by atoms with Crippen molar-refractivity contribution >= 4 is 17.2 Å². The maximum atomic E-state index is 11.7. The molecular formula is C12H19N3OS. The molecule has 1 aromatic rings. The van der Waals surface area contributed by atoms with E-state index in [0.717, 1.165) is 30.0 Å². The molecule has 1 fully saturated rings. The molecule has 4 nitrogen and oxygen atoms in total.